The molecule has 0 aliphatic carbocycles. The Kier molecular flexibility index (Phi) is 7.74. The molecule has 4 aromatic rings. The summed E-state index contributed by atoms with van der Waals surface area (Å²) in [6.45, 7) is 0.255. The lowest BCUT2D eigenvalue weighted by atomic mass is 9.93. The van der Waals surface area contributed by atoms with E-state index in [1.54, 1.807) is 12.1 Å². The van der Waals surface area contributed by atoms with E-state index in [1.165, 1.54) is 42.5 Å². The molecule has 0 fully saturated rings. The summed E-state index contributed by atoms with van der Waals surface area (Å²) >= 11 is 12.1. The van der Waals surface area contributed by atoms with Gasteiger partial charge in [0, 0.05) is 22.8 Å². The van der Waals surface area contributed by atoms with E-state index in [-0.39, 0.29) is 34.5 Å². The van der Waals surface area contributed by atoms with Gasteiger partial charge in [-0.3, -0.25) is 9.59 Å². The van der Waals surface area contributed by atoms with Crippen molar-refractivity contribution >= 4 is 40.9 Å². The number of amides is 1. The van der Waals surface area contributed by atoms with Crippen LogP contribution in [0.25, 0.3) is 11.3 Å². The highest BCUT2D eigenvalue weighted by atomic mass is 35.5. The van der Waals surface area contributed by atoms with Gasteiger partial charge in [0.25, 0.3) is 5.91 Å². The Bertz CT molecular complexity index is 1630. The third kappa shape index (κ3) is 6.21. The van der Waals surface area contributed by atoms with Gasteiger partial charge < -0.3 is 19.9 Å². The Morgan fingerprint density at radius 3 is 2.37 bits per heavy atom. The Hall–Kier alpha value is -4.35. The van der Waals surface area contributed by atoms with Crippen LogP contribution in [0.3, 0.4) is 0 Å². The molecule has 5 rings (SSSR count). The number of aliphatic carboxylic acids is 1. The number of carbonyl (C=O) groups excluding carboxylic acids is 1. The van der Waals surface area contributed by atoms with Gasteiger partial charge in [0.2, 0.25) is 0 Å². The zero-order chi connectivity index (χ0) is 29.3. The maximum absolute atomic E-state index is 12.9. The fourth-order valence-electron chi connectivity index (χ4n) is 4.17. The molecule has 0 saturated carbocycles. The Morgan fingerprint density at radius 1 is 0.976 bits per heavy atom. The summed E-state index contributed by atoms with van der Waals surface area (Å²) in [4.78, 5) is 24.2. The smallest absolute Gasteiger partial charge is 0.417 e. The molecule has 1 aliphatic heterocycles. The summed E-state index contributed by atoms with van der Waals surface area (Å²) in [5.74, 6) is -1.03. The fourth-order valence-corrected chi connectivity index (χ4v) is 4.67. The van der Waals surface area contributed by atoms with Crippen LogP contribution in [0.5, 0.6) is 17.2 Å². The van der Waals surface area contributed by atoms with Gasteiger partial charge >= 0.3 is 12.1 Å². The molecule has 0 saturated heterocycles. The molecule has 3 aromatic carbocycles. The number of carbonyl (C=O) groups is 2. The second-order valence-electron chi connectivity index (χ2n) is 8.93. The van der Waals surface area contributed by atoms with E-state index in [0.29, 0.717) is 29.0 Å². The Labute approximate surface area is 240 Å². The first kappa shape index (κ1) is 28.2. The van der Waals surface area contributed by atoms with E-state index in [1.807, 2.05) is 0 Å². The van der Waals surface area contributed by atoms with Crippen molar-refractivity contribution in [2.45, 2.75) is 18.5 Å². The van der Waals surface area contributed by atoms with Crippen molar-refractivity contribution in [1.29, 1.82) is 0 Å². The maximum Gasteiger partial charge on any atom is 0.417 e. The number of nitrogens with zero attached hydrogens (tertiary/aromatic N) is 2. The van der Waals surface area contributed by atoms with Gasteiger partial charge in [0.1, 0.15) is 17.2 Å². The van der Waals surface area contributed by atoms with Crippen LogP contribution in [0.1, 0.15) is 33.8 Å². The molecule has 13 heteroatoms. The van der Waals surface area contributed by atoms with Crippen molar-refractivity contribution in [2.24, 2.45) is 0 Å². The third-order valence-electron chi connectivity index (χ3n) is 6.22. The summed E-state index contributed by atoms with van der Waals surface area (Å²) in [5.41, 5.74) is 0.403. The topological polar surface area (TPSA) is 111 Å². The molecule has 1 amide bonds. The number of ether oxygens (including phenoxy) is 2. The molecule has 1 aliphatic rings. The average molecular weight is 604 g/mol. The van der Waals surface area contributed by atoms with Crippen molar-refractivity contribution in [3.05, 3.63) is 93.5 Å². The first-order valence-corrected chi connectivity index (χ1v) is 12.7. The molecule has 1 atom stereocenters. The molecular weight excluding hydrogens is 586 g/mol. The predicted molar refractivity (Wildman–Crippen MR) is 144 cm³/mol. The number of nitrogens with one attached hydrogen (secondary N) is 1. The highest BCUT2D eigenvalue weighted by molar-refractivity contribution is 6.32. The highest BCUT2D eigenvalue weighted by Gasteiger charge is 2.33. The average Bonchev–Trinajstić information content (AvgIpc) is 2.93. The summed E-state index contributed by atoms with van der Waals surface area (Å²) < 4.78 is 50.2. The zero-order valence-electron chi connectivity index (χ0n) is 20.7. The van der Waals surface area contributed by atoms with Crippen molar-refractivity contribution in [3.63, 3.8) is 0 Å². The van der Waals surface area contributed by atoms with Crippen LogP contribution in [0.4, 0.5) is 19.0 Å². The molecule has 2 heterocycles. The standard InChI is InChI=1S/C28H18Cl2F3N3O5/c29-20-11-15(3-6-19(20)28(31,32)33)22-7-8-25(36-35-22)34-26(37)14-1-4-16(5-2-14)41-24-13-23-18(12-21(24)30)17(27(38)39)9-10-40-23/h1-8,11-13,17H,9-10H2,(H,38,39)(H,34,36,37). The van der Waals surface area contributed by atoms with Crippen LogP contribution in [0.15, 0.2) is 66.7 Å². The third-order valence-corrected chi connectivity index (χ3v) is 6.83. The van der Waals surface area contributed by atoms with Crippen molar-refractivity contribution in [2.75, 3.05) is 11.9 Å². The van der Waals surface area contributed by atoms with Crippen molar-refractivity contribution in [1.82, 2.24) is 10.2 Å². The van der Waals surface area contributed by atoms with Crippen LogP contribution in [0, 0.1) is 0 Å². The normalized spacial score (nSPS) is 14.5. The Morgan fingerprint density at radius 2 is 1.73 bits per heavy atom. The predicted octanol–water partition coefficient (Wildman–Crippen LogP) is 7.46. The van der Waals surface area contributed by atoms with Gasteiger partial charge in [0.15, 0.2) is 5.82 Å². The van der Waals surface area contributed by atoms with Crippen LogP contribution in [0.2, 0.25) is 10.0 Å². The molecule has 1 unspecified atom stereocenters. The van der Waals surface area contributed by atoms with E-state index in [0.717, 1.165) is 12.1 Å². The molecule has 0 bridgehead atoms. The fraction of sp³-hybridized carbons (Fsp3) is 0.143. The molecule has 41 heavy (non-hydrogen) atoms. The number of carboxylic acid groups (broad SMARTS) is 1. The number of halogens is 5. The summed E-state index contributed by atoms with van der Waals surface area (Å²) in [7, 11) is 0. The van der Waals surface area contributed by atoms with Gasteiger partial charge in [-0.15, -0.1) is 10.2 Å². The maximum atomic E-state index is 12.9. The molecule has 210 valence electrons. The van der Waals surface area contributed by atoms with E-state index >= 15 is 0 Å². The lowest BCUT2D eigenvalue weighted by molar-refractivity contribution is -0.139. The molecular formula is C28H18Cl2F3N3O5. The van der Waals surface area contributed by atoms with Gasteiger partial charge in [0.05, 0.1) is 33.8 Å². The molecule has 8 nitrogen and oxygen atoms in total. The van der Waals surface area contributed by atoms with Crippen molar-refractivity contribution in [3.8, 4) is 28.5 Å². The van der Waals surface area contributed by atoms with Crippen LogP contribution in [-0.2, 0) is 11.0 Å². The Balaban J connectivity index is 1.24. The number of anilines is 1. The van der Waals surface area contributed by atoms with Gasteiger partial charge in [-0.2, -0.15) is 13.2 Å². The summed E-state index contributed by atoms with van der Waals surface area (Å²) in [5, 5.41) is 19.7. The monoisotopic (exact) mass is 603 g/mol. The van der Waals surface area contributed by atoms with E-state index < -0.39 is 34.6 Å². The minimum atomic E-state index is -4.57. The minimum absolute atomic E-state index is 0.123. The highest BCUT2D eigenvalue weighted by Crippen LogP contribution is 2.42. The molecule has 0 spiro atoms. The lowest BCUT2D eigenvalue weighted by Crippen LogP contribution is -2.20. The number of alkyl halides is 3. The van der Waals surface area contributed by atoms with Crippen molar-refractivity contribution < 1.29 is 37.3 Å². The van der Waals surface area contributed by atoms with Crippen LogP contribution < -0.4 is 14.8 Å². The summed E-state index contributed by atoms with van der Waals surface area (Å²) in [6.07, 6.45) is -4.23. The number of fused-ring (bicyclic) bond motifs is 1. The number of aromatic nitrogens is 2. The number of carboxylic acids is 1. The van der Waals surface area contributed by atoms with Crippen LogP contribution >= 0.6 is 23.2 Å². The first-order chi connectivity index (χ1) is 19.5. The number of hydrogen-bond donors (Lipinski definition) is 2. The quantitative estimate of drug-likeness (QED) is 0.235. The molecule has 0 radical (unpaired) electrons. The largest absolute Gasteiger partial charge is 0.493 e. The zero-order valence-corrected chi connectivity index (χ0v) is 22.2. The number of benzene rings is 3. The van der Waals surface area contributed by atoms with Gasteiger partial charge in [-0.05, 0) is 61.0 Å². The van der Waals surface area contributed by atoms with Crippen LogP contribution in [-0.4, -0.2) is 33.8 Å². The van der Waals surface area contributed by atoms with E-state index in [4.69, 9.17) is 32.7 Å². The second kappa shape index (κ2) is 11.3. The van der Waals surface area contributed by atoms with Gasteiger partial charge in [-0.25, -0.2) is 0 Å². The van der Waals surface area contributed by atoms with Gasteiger partial charge in [-0.1, -0.05) is 29.3 Å². The lowest BCUT2D eigenvalue weighted by Gasteiger charge is -2.24. The number of hydrogen-bond acceptors (Lipinski definition) is 6. The van der Waals surface area contributed by atoms with E-state index in [9.17, 15) is 27.9 Å². The number of rotatable bonds is 6. The second-order valence-corrected chi connectivity index (χ2v) is 9.74. The molecule has 1 aromatic heterocycles. The summed E-state index contributed by atoms with van der Waals surface area (Å²) in [6, 6.07) is 15.4. The first-order valence-electron chi connectivity index (χ1n) is 12.0. The SMILES string of the molecule is O=C(Nc1ccc(-c2ccc(C(F)(F)F)c(Cl)c2)nn1)c1ccc(Oc2cc3c(cc2Cl)C(C(=O)O)CCO3)cc1. The van der Waals surface area contributed by atoms with E-state index in [2.05, 4.69) is 15.5 Å². The minimum Gasteiger partial charge on any atom is -0.493 e. The molecule has 2 N–H and O–H groups in total.